The van der Waals surface area contributed by atoms with Gasteiger partial charge in [0.15, 0.2) is 5.69 Å². The maximum Gasteiger partial charge on any atom is 0.220 e. The van der Waals surface area contributed by atoms with Gasteiger partial charge in [-0.25, -0.2) is 0 Å². The van der Waals surface area contributed by atoms with E-state index in [0.717, 1.165) is 5.92 Å². The van der Waals surface area contributed by atoms with Gasteiger partial charge in [-0.15, -0.1) is 0 Å². The first-order valence-corrected chi connectivity index (χ1v) is 11.5. The van der Waals surface area contributed by atoms with E-state index in [4.69, 9.17) is 0 Å². The standard InChI is InChI=1S/C28H36N/c1-6-19(2)23-14-15-26-25(17-23)16-21(4)29(5)28(26)27-18-24(13-12-20(27)3)22-10-8-7-9-11-22/h12-19,22H,6-11H2,1-5H3/q+1. The van der Waals surface area contributed by atoms with E-state index in [2.05, 4.69) is 81.8 Å². The topological polar surface area (TPSA) is 3.88 Å². The molecule has 0 amide bonds. The van der Waals surface area contributed by atoms with Crippen LogP contribution in [0.4, 0.5) is 0 Å². The predicted molar refractivity (Wildman–Crippen MR) is 125 cm³/mol. The molecular weight excluding hydrogens is 350 g/mol. The van der Waals surface area contributed by atoms with Crippen molar-refractivity contribution in [1.29, 1.82) is 0 Å². The van der Waals surface area contributed by atoms with Crippen LogP contribution in [0.5, 0.6) is 0 Å². The van der Waals surface area contributed by atoms with Crippen molar-refractivity contribution in [3.8, 4) is 11.3 Å². The van der Waals surface area contributed by atoms with Gasteiger partial charge in [-0.2, -0.15) is 4.57 Å². The highest BCUT2D eigenvalue weighted by atomic mass is 14.9. The highest BCUT2D eigenvalue weighted by molar-refractivity contribution is 5.94. The summed E-state index contributed by atoms with van der Waals surface area (Å²) in [7, 11) is 2.22. The summed E-state index contributed by atoms with van der Waals surface area (Å²) in [4.78, 5) is 0. The lowest BCUT2D eigenvalue weighted by molar-refractivity contribution is -0.665. The van der Waals surface area contributed by atoms with Crippen LogP contribution >= 0.6 is 0 Å². The Bertz CT molecular complexity index is 1020. The minimum Gasteiger partial charge on any atom is -0.198 e. The Labute approximate surface area is 176 Å². The number of benzene rings is 2. The molecule has 3 aromatic rings. The highest BCUT2D eigenvalue weighted by Crippen LogP contribution is 2.37. The number of rotatable bonds is 4. The molecular formula is C28H36N+. The molecule has 1 aliphatic rings. The molecule has 0 spiro atoms. The molecule has 0 aliphatic heterocycles. The van der Waals surface area contributed by atoms with Gasteiger partial charge in [0.1, 0.15) is 7.05 Å². The van der Waals surface area contributed by atoms with E-state index in [-0.39, 0.29) is 0 Å². The monoisotopic (exact) mass is 386 g/mol. The first kappa shape index (κ1) is 20.1. The first-order chi connectivity index (χ1) is 14.0. The third-order valence-electron chi connectivity index (χ3n) is 7.33. The number of hydrogen-bond donors (Lipinski definition) is 0. The fourth-order valence-electron chi connectivity index (χ4n) is 5.05. The van der Waals surface area contributed by atoms with Crippen LogP contribution in [0.1, 0.15) is 86.6 Å². The molecule has 0 bridgehead atoms. The molecule has 0 N–H and O–H groups in total. The molecule has 1 atom stereocenters. The van der Waals surface area contributed by atoms with Crippen molar-refractivity contribution in [1.82, 2.24) is 0 Å². The van der Waals surface area contributed by atoms with Gasteiger partial charge in [0.2, 0.25) is 5.69 Å². The largest absolute Gasteiger partial charge is 0.220 e. The molecule has 1 unspecified atom stereocenters. The maximum absolute atomic E-state index is 2.50. The van der Waals surface area contributed by atoms with E-state index in [1.165, 1.54) is 82.9 Å². The van der Waals surface area contributed by atoms with Crippen molar-refractivity contribution in [2.75, 3.05) is 0 Å². The molecule has 1 aliphatic carbocycles. The van der Waals surface area contributed by atoms with Crippen molar-refractivity contribution >= 4 is 10.8 Å². The van der Waals surface area contributed by atoms with Crippen molar-refractivity contribution in [3.05, 3.63) is 64.8 Å². The lowest BCUT2D eigenvalue weighted by atomic mass is 9.82. The van der Waals surface area contributed by atoms with E-state index >= 15 is 0 Å². The number of aromatic nitrogens is 1. The smallest absolute Gasteiger partial charge is 0.198 e. The van der Waals surface area contributed by atoms with Gasteiger partial charge in [-0.3, -0.25) is 0 Å². The van der Waals surface area contributed by atoms with E-state index in [1.54, 1.807) is 0 Å². The van der Waals surface area contributed by atoms with Crippen LogP contribution in [0.3, 0.4) is 0 Å². The van der Waals surface area contributed by atoms with Crippen molar-refractivity contribution in [3.63, 3.8) is 0 Å². The Morgan fingerprint density at radius 3 is 2.45 bits per heavy atom. The summed E-state index contributed by atoms with van der Waals surface area (Å²) in [6.45, 7) is 9.10. The number of hydrogen-bond acceptors (Lipinski definition) is 0. The van der Waals surface area contributed by atoms with Crippen molar-refractivity contribution in [2.24, 2.45) is 7.05 Å². The summed E-state index contributed by atoms with van der Waals surface area (Å²) in [5.41, 5.74) is 8.45. The van der Waals surface area contributed by atoms with Gasteiger partial charge >= 0.3 is 0 Å². The molecule has 1 nitrogen and oxygen atoms in total. The third kappa shape index (κ3) is 3.84. The van der Waals surface area contributed by atoms with E-state index in [0.29, 0.717) is 5.92 Å². The normalized spacial score (nSPS) is 16.3. The Hall–Kier alpha value is -2.15. The average molecular weight is 387 g/mol. The van der Waals surface area contributed by atoms with Gasteiger partial charge in [0, 0.05) is 18.6 Å². The lowest BCUT2D eigenvalue weighted by Gasteiger charge is -2.23. The molecule has 29 heavy (non-hydrogen) atoms. The maximum atomic E-state index is 2.50. The Morgan fingerprint density at radius 2 is 1.72 bits per heavy atom. The second-order valence-electron chi connectivity index (χ2n) is 9.26. The first-order valence-electron chi connectivity index (χ1n) is 11.5. The molecule has 152 valence electrons. The van der Waals surface area contributed by atoms with Crippen LogP contribution < -0.4 is 4.57 Å². The predicted octanol–water partition coefficient (Wildman–Crippen LogP) is 7.51. The lowest BCUT2D eigenvalue weighted by Crippen LogP contribution is -2.35. The summed E-state index contributed by atoms with van der Waals surface area (Å²) in [5, 5.41) is 2.74. The van der Waals surface area contributed by atoms with Gasteiger partial charge in [-0.05, 0) is 72.2 Å². The molecule has 1 aromatic heterocycles. The minimum absolute atomic E-state index is 0.605. The Balaban J connectivity index is 1.89. The summed E-state index contributed by atoms with van der Waals surface area (Å²) < 4.78 is 2.39. The van der Waals surface area contributed by atoms with E-state index in [1.807, 2.05) is 0 Å². The van der Waals surface area contributed by atoms with Crippen LogP contribution in [0.25, 0.3) is 22.0 Å². The van der Waals surface area contributed by atoms with Crippen LogP contribution in [0, 0.1) is 13.8 Å². The quantitative estimate of drug-likeness (QED) is 0.408. The van der Waals surface area contributed by atoms with E-state index < -0.39 is 0 Å². The number of aryl methyl sites for hydroxylation is 2. The van der Waals surface area contributed by atoms with Gasteiger partial charge in [-0.1, -0.05) is 57.4 Å². The van der Waals surface area contributed by atoms with Crippen molar-refractivity contribution < 1.29 is 4.57 Å². The average Bonchev–Trinajstić information content (AvgIpc) is 2.75. The molecule has 0 saturated heterocycles. The van der Waals surface area contributed by atoms with E-state index in [9.17, 15) is 0 Å². The number of pyridine rings is 1. The molecule has 4 rings (SSSR count). The molecule has 1 fully saturated rings. The van der Waals surface area contributed by atoms with Gasteiger partial charge < -0.3 is 0 Å². The van der Waals surface area contributed by atoms with Crippen LogP contribution in [-0.4, -0.2) is 0 Å². The summed E-state index contributed by atoms with van der Waals surface area (Å²) in [6.07, 6.45) is 8.05. The second kappa shape index (κ2) is 8.30. The second-order valence-corrected chi connectivity index (χ2v) is 9.26. The minimum atomic E-state index is 0.605. The zero-order valence-corrected chi connectivity index (χ0v) is 18.9. The number of nitrogens with zero attached hydrogens (tertiary/aromatic N) is 1. The SMILES string of the molecule is CCC(C)c1ccc2c(-c3cc(C4CCCCC4)ccc3C)[n+](C)c(C)cc2c1. The molecule has 0 radical (unpaired) electrons. The third-order valence-corrected chi connectivity index (χ3v) is 7.33. The highest BCUT2D eigenvalue weighted by Gasteiger charge is 2.23. The fourth-order valence-corrected chi connectivity index (χ4v) is 5.05. The van der Waals surface area contributed by atoms with Gasteiger partial charge in [0.05, 0.1) is 5.39 Å². The van der Waals surface area contributed by atoms with Crippen molar-refractivity contribution in [2.45, 2.75) is 78.1 Å². The molecule has 1 heterocycles. The molecule has 1 heteroatoms. The zero-order chi connectivity index (χ0) is 20.5. The Kier molecular flexibility index (Phi) is 5.76. The summed E-state index contributed by atoms with van der Waals surface area (Å²) in [6, 6.07) is 16.7. The summed E-state index contributed by atoms with van der Waals surface area (Å²) in [5.74, 6) is 1.34. The summed E-state index contributed by atoms with van der Waals surface area (Å²) >= 11 is 0. The number of fused-ring (bicyclic) bond motifs is 1. The van der Waals surface area contributed by atoms with Crippen LogP contribution in [0.2, 0.25) is 0 Å². The Morgan fingerprint density at radius 1 is 0.966 bits per heavy atom. The fraction of sp³-hybridized carbons (Fsp3) is 0.464. The zero-order valence-electron chi connectivity index (χ0n) is 18.9. The molecule has 1 saturated carbocycles. The van der Waals surface area contributed by atoms with Crippen LogP contribution in [0.15, 0.2) is 42.5 Å². The van der Waals surface area contributed by atoms with Crippen LogP contribution in [-0.2, 0) is 7.05 Å². The van der Waals surface area contributed by atoms with Gasteiger partial charge in [0.25, 0.3) is 0 Å². The molecule has 2 aromatic carbocycles.